The first-order chi connectivity index (χ1) is 7.65. The van der Waals surface area contributed by atoms with Gasteiger partial charge in [0.1, 0.15) is 0 Å². The zero-order valence-electron chi connectivity index (χ0n) is 10.5. The molecule has 94 valence electrons. The number of nitrogens with two attached hydrogens (primary N) is 1. The lowest BCUT2D eigenvalue weighted by Gasteiger charge is -2.27. The second kappa shape index (κ2) is 6.86. The van der Waals surface area contributed by atoms with E-state index >= 15 is 0 Å². The Morgan fingerprint density at radius 1 is 1.50 bits per heavy atom. The van der Waals surface area contributed by atoms with Crippen molar-refractivity contribution in [2.75, 3.05) is 20.1 Å². The molecule has 0 aliphatic heterocycles. The summed E-state index contributed by atoms with van der Waals surface area (Å²) in [6.45, 7) is 3.68. The zero-order valence-corrected chi connectivity index (χ0v) is 10.5. The molecule has 4 nitrogen and oxygen atoms in total. The van der Waals surface area contributed by atoms with Crippen molar-refractivity contribution >= 4 is 5.91 Å². The largest absolute Gasteiger partial charge is 0.368 e. The van der Waals surface area contributed by atoms with Gasteiger partial charge in [0.25, 0.3) is 0 Å². The van der Waals surface area contributed by atoms with Crippen LogP contribution in [-0.4, -0.2) is 43.0 Å². The van der Waals surface area contributed by atoms with Crippen molar-refractivity contribution in [2.24, 2.45) is 5.73 Å². The van der Waals surface area contributed by atoms with Crippen LogP contribution in [0.2, 0.25) is 0 Å². The summed E-state index contributed by atoms with van der Waals surface area (Å²) in [7, 11) is 2.10. The Morgan fingerprint density at radius 2 is 2.12 bits per heavy atom. The van der Waals surface area contributed by atoms with Gasteiger partial charge in [-0.05, 0) is 32.9 Å². The van der Waals surface area contributed by atoms with Crippen LogP contribution in [0, 0.1) is 0 Å². The van der Waals surface area contributed by atoms with E-state index < -0.39 is 0 Å². The Labute approximate surface area is 98.6 Å². The third-order valence-electron chi connectivity index (χ3n) is 3.40. The van der Waals surface area contributed by atoms with E-state index in [1.165, 1.54) is 25.7 Å². The van der Waals surface area contributed by atoms with Crippen LogP contribution in [0.5, 0.6) is 0 Å². The first kappa shape index (κ1) is 13.5. The number of likely N-dealkylation sites (N-methyl/N-ethyl adjacent to an activating group) is 1. The molecular formula is C12H25N3O. The Hall–Kier alpha value is -0.610. The topological polar surface area (TPSA) is 58.4 Å². The maximum atomic E-state index is 11.3. The van der Waals surface area contributed by atoms with Crippen LogP contribution in [0.1, 0.15) is 39.0 Å². The van der Waals surface area contributed by atoms with E-state index in [1.807, 2.05) is 0 Å². The van der Waals surface area contributed by atoms with Crippen LogP contribution < -0.4 is 11.1 Å². The average Bonchev–Trinajstić information content (AvgIpc) is 2.76. The molecule has 3 N–H and O–H groups in total. The van der Waals surface area contributed by atoms with Gasteiger partial charge >= 0.3 is 0 Å². The molecule has 0 aromatic heterocycles. The van der Waals surface area contributed by atoms with Gasteiger partial charge in [0.05, 0.1) is 6.04 Å². The Balaban J connectivity index is 2.37. The van der Waals surface area contributed by atoms with E-state index in [0.717, 1.165) is 19.5 Å². The molecule has 0 bridgehead atoms. The van der Waals surface area contributed by atoms with Crippen molar-refractivity contribution < 1.29 is 4.79 Å². The quantitative estimate of drug-likeness (QED) is 0.673. The molecule has 0 radical (unpaired) electrons. The van der Waals surface area contributed by atoms with E-state index in [0.29, 0.717) is 6.04 Å². The summed E-state index contributed by atoms with van der Waals surface area (Å²) in [5.41, 5.74) is 5.40. The molecule has 0 saturated heterocycles. The monoisotopic (exact) mass is 227 g/mol. The molecule has 1 aliphatic rings. The Bertz CT molecular complexity index is 214. The maximum Gasteiger partial charge on any atom is 0.235 e. The van der Waals surface area contributed by atoms with E-state index in [-0.39, 0.29) is 11.9 Å². The van der Waals surface area contributed by atoms with Gasteiger partial charge in [0, 0.05) is 12.6 Å². The number of carbonyl (C=O) groups excluding carboxylic acids is 1. The van der Waals surface area contributed by atoms with E-state index in [1.54, 1.807) is 0 Å². The van der Waals surface area contributed by atoms with E-state index in [2.05, 4.69) is 24.2 Å². The molecule has 1 saturated carbocycles. The lowest BCUT2D eigenvalue weighted by Crippen LogP contribution is -2.50. The third kappa shape index (κ3) is 4.10. The first-order valence-electron chi connectivity index (χ1n) is 6.38. The van der Waals surface area contributed by atoms with Gasteiger partial charge in [-0.1, -0.05) is 19.8 Å². The van der Waals surface area contributed by atoms with Gasteiger partial charge in [-0.15, -0.1) is 0 Å². The third-order valence-corrected chi connectivity index (χ3v) is 3.40. The highest BCUT2D eigenvalue weighted by Gasteiger charge is 2.23. The van der Waals surface area contributed by atoms with Crippen LogP contribution in [0.3, 0.4) is 0 Å². The smallest absolute Gasteiger partial charge is 0.235 e. The molecule has 1 aliphatic carbocycles. The van der Waals surface area contributed by atoms with Crippen LogP contribution in [0.25, 0.3) is 0 Å². The number of hydrogen-bond acceptors (Lipinski definition) is 3. The predicted molar refractivity (Wildman–Crippen MR) is 66.2 cm³/mol. The molecular weight excluding hydrogens is 202 g/mol. The predicted octanol–water partition coefficient (Wildman–Crippen LogP) is 0.714. The molecule has 16 heavy (non-hydrogen) atoms. The number of nitrogens with zero attached hydrogens (tertiary/aromatic N) is 1. The second-order valence-electron chi connectivity index (χ2n) is 4.79. The normalized spacial score (nSPS) is 19.2. The molecule has 0 heterocycles. The van der Waals surface area contributed by atoms with Crippen LogP contribution in [-0.2, 0) is 4.79 Å². The minimum Gasteiger partial charge on any atom is -0.368 e. The van der Waals surface area contributed by atoms with Gasteiger partial charge in [-0.3, -0.25) is 4.79 Å². The summed E-state index contributed by atoms with van der Waals surface area (Å²) in [5.74, 6) is -0.238. The molecule has 1 atom stereocenters. The minimum absolute atomic E-state index is 0.203. The second-order valence-corrected chi connectivity index (χ2v) is 4.79. The van der Waals surface area contributed by atoms with Crippen molar-refractivity contribution in [2.45, 2.75) is 51.1 Å². The number of rotatable bonds is 7. The van der Waals surface area contributed by atoms with Crippen molar-refractivity contribution in [3.63, 3.8) is 0 Å². The zero-order chi connectivity index (χ0) is 12.0. The highest BCUT2D eigenvalue weighted by atomic mass is 16.1. The molecule has 1 rings (SSSR count). The van der Waals surface area contributed by atoms with Crippen LogP contribution >= 0.6 is 0 Å². The number of carbonyl (C=O) groups is 1. The molecule has 1 fully saturated rings. The number of primary amides is 1. The fraction of sp³-hybridized carbons (Fsp3) is 0.917. The summed E-state index contributed by atoms with van der Waals surface area (Å²) >= 11 is 0. The minimum atomic E-state index is -0.238. The van der Waals surface area contributed by atoms with E-state index in [9.17, 15) is 4.79 Å². The van der Waals surface area contributed by atoms with Gasteiger partial charge in [-0.2, -0.15) is 0 Å². The molecule has 1 unspecified atom stereocenters. The van der Waals surface area contributed by atoms with Crippen LogP contribution in [0.4, 0.5) is 0 Å². The number of hydrogen-bond donors (Lipinski definition) is 2. The summed E-state index contributed by atoms with van der Waals surface area (Å²) in [6.07, 6.45) is 6.18. The lowest BCUT2D eigenvalue weighted by molar-refractivity contribution is -0.120. The summed E-state index contributed by atoms with van der Waals surface area (Å²) in [6, 6.07) is 0.441. The van der Waals surface area contributed by atoms with Gasteiger partial charge in [-0.25, -0.2) is 0 Å². The highest BCUT2D eigenvalue weighted by molar-refractivity contribution is 5.80. The van der Waals surface area contributed by atoms with Crippen molar-refractivity contribution in [3.05, 3.63) is 0 Å². The summed E-state index contributed by atoms with van der Waals surface area (Å²) in [5, 5.41) is 3.21. The average molecular weight is 227 g/mol. The standard InChI is InChI=1S/C12H25N3O/c1-3-8-14-11(12(13)16)9-15(2)10-6-4-5-7-10/h10-11,14H,3-9H2,1-2H3,(H2,13,16). The number of amides is 1. The molecule has 0 aromatic carbocycles. The van der Waals surface area contributed by atoms with E-state index in [4.69, 9.17) is 5.73 Å². The van der Waals surface area contributed by atoms with Crippen molar-refractivity contribution in [1.82, 2.24) is 10.2 Å². The summed E-state index contributed by atoms with van der Waals surface area (Å²) < 4.78 is 0. The maximum absolute atomic E-state index is 11.3. The van der Waals surface area contributed by atoms with Crippen molar-refractivity contribution in [3.8, 4) is 0 Å². The van der Waals surface area contributed by atoms with Gasteiger partial charge < -0.3 is 16.0 Å². The fourth-order valence-electron chi connectivity index (χ4n) is 2.36. The first-order valence-corrected chi connectivity index (χ1v) is 6.38. The van der Waals surface area contributed by atoms with Gasteiger partial charge in [0.2, 0.25) is 5.91 Å². The van der Waals surface area contributed by atoms with Crippen molar-refractivity contribution in [1.29, 1.82) is 0 Å². The van der Waals surface area contributed by atoms with Gasteiger partial charge in [0.15, 0.2) is 0 Å². The number of nitrogens with one attached hydrogen (secondary N) is 1. The Morgan fingerprint density at radius 3 is 2.62 bits per heavy atom. The molecule has 1 amide bonds. The molecule has 4 heteroatoms. The van der Waals surface area contributed by atoms with Crippen LogP contribution in [0.15, 0.2) is 0 Å². The SMILES string of the molecule is CCCNC(CN(C)C1CCCC1)C(N)=O. The molecule has 0 aromatic rings. The molecule has 0 spiro atoms. The Kier molecular flexibility index (Phi) is 5.77. The summed E-state index contributed by atoms with van der Waals surface area (Å²) in [4.78, 5) is 13.6. The highest BCUT2D eigenvalue weighted by Crippen LogP contribution is 2.22. The fourth-order valence-corrected chi connectivity index (χ4v) is 2.36. The lowest BCUT2D eigenvalue weighted by atomic mass is 10.2.